The van der Waals surface area contributed by atoms with E-state index in [9.17, 15) is 22.1 Å². The summed E-state index contributed by atoms with van der Waals surface area (Å²) >= 11 is 0. The Labute approximate surface area is 76.2 Å². The minimum atomic E-state index is -5.43. The molecule has 1 N–H and O–H groups in total. The van der Waals surface area contributed by atoms with E-state index in [0.717, 1.165) is 6.07 Å². The summed E-state index contributed by atoms with van der Waals surface area (Å²) in [6.07, 6.45) is 0. The molecular formula is C7H4BF4O2-. The van der Waals surface area contributed by atoms with Gasteiger partial charge < -0.3 is 18.1 Å². The van der Waals surface area contributed by atoms with E-state index in [2.05, 4.69) is 0 Å². The molecule has 0 aliphatic rings. The fraction of sp³-hybridized carbons (Fsp3) is 0. The number of carboxylic acids is 1. The lowest BCUT2D eigenvalue weighted by atomic mass is 9.79. The zero-order chi connectivity index (χ0) is 10.9. The van der Waals surface area contributed by atoms with Gasteiger partial charge in [0.2, 0.25) is 0 Å². The molecule has 76 valence electrons. The number of carboxylic acid groups (broad SMARTS) is 1. The Bertz CT molecular complexity index is 374. The summed E-state index contributed by atoms with van der Waals surface area (Å²) < 4.78 is 48.9. The Kier molecular flexibility index (Phi) is 2.50. The number of benzene rings is 1. The summed E-state index contributed by atoms with van der Waals surface area (Å²) in [6.45, 7) is -5.43. The molecule has 7 heteroatoms. The maximum Gasteiger partial charge on any atom is 0.512 e. The predicted molar refractivity (Wildman–Crippen MR) is 42.1 cm³/mol. The van der Waals surface area contributed by atoms with Crippen LogP contribution in [0.5, 0.6) is 0 Å². The lowest BCUT2D eigenvalue weighted by Gasteiger charge is -2.15. The molecule has 0 heterocycles. The Hall–Kier alpha value is -1.53. The third-order valence-electron chi connectivity index (χ3n) is 1.60. The molecule has 0 aliphatic heterocycles. The zero-order valence-electron chi connectivity index (χ0n) is 6.68. The molecule has 14 heavy (non-hydrogen) atoms. The summed E-state index contributed by atoms with van der Waals surface area (Å²) in [7, 11) is 0. The fourth-order valence-electron chi connectivity index (χ4n) is 0.926. The highest BCUT2D eigenvalue weighted by atomic mass is 19.4. The summed E-state index contributed by atoms with van der Waals surface area (Å²) in [4.78, 5) is 10.3. The first-order valence-electron chi connectivity index (χ1n) is 3.55. The average Bonchev–Trinajstić information content (AvgIpc) is 2.01. The summed E-state index contributed by atoms with van der Waals surface area (Å²) in [5.74, 6) is -3.03. The molecule has 0 amide bonds. The first-order valence-corrected chi connectivity index (χ1v) is 3.55. The van der Waals surface area contributed by atoms with Crippen molar-refractivity contribution in [3.8, 4) is 0 Å². The van der Waals surface area contributed by atoms with Gasteiger partial charge in [-0.05, 0) is 6.07 Å². The van der Waals surface area contributed by atoms with Crippen LogP contribution < -0.4 is 5.46 Å². The highest BCUT2D eigenvalue weighted by Gasteiger charge is 2.29. The van der Waals surface area contributed by atoms with Crippen LogP contribution in [0.15, 0.2) is 18.2 Å². The molecule has 0 saturated carbocycles. The Balaban J connectivity index is 3.21. The van der Waals surface area contributed by atoms with Gasteiger partial charge in [0, 0.05) is 0 Å². The normalized spacial score (nSPS) is 11.4. The molecule has 1 aromatic rings. The van der Waals surface area contributed by atoms with E-state index < -0.39 is 29.8 Å². The molecule has 0 aromatic heterocycles. The number of hydrogen-bond donors (Lipinski definition) is 1. The molecule has 0 bridgehead atoms. The van der Waals surface area contributed by atoms with Crippen molar-refractivity contribution in [3.63, 3.8) is 0 Å². The van der Waals surface area contributed by atoms with Crippen LogP contribution in [-0.2, 0) is 0 Å². The van der Waals surface area contributed by atoms with Crippen LogP contribution in [0, 0.1) is 5.82 Å². The molecule has 0 atom stereocenters. The van der Waals surface area contributed by atoms with Gasteiger partial charge in [0.05, 0.1) is 11.4 Å². The van der Waals surface area contributed by atoms with Crippen molar-refractivity contribution in [2.75, 3.05) is 0 Å². The van der Waals surface area contributed by atoms with E-state index in [-0.39, 0.29) is 0 Å². The van der Waals surface area contributed by atoms with Gasteiger partial charge in [0.15, 0.2) is 0 Å². The van der Waals surface area contributed by atoms with Crippen molar-refractivity contribution >= 4 is 18.4 Å². The molecule has 0 radical (unpaired) electrons. The quantitative estimate of drug-likeness (QED) is 0.590. The Morgan fingerprint density at radius 1 is 1.29 bits per heavy atom. The third-order valence-corrected chi connectivity index (χ3v) is 1.60. The van der Waals surface area contributed by atoms with Crippen molar-refractivity contribution in [3.05, 3.63) is 29.6 Å². The van der Waals surface area contributed by atoms with Crippen LogP contribution in [0.1, 0.15) is 10.4 Å². The first kappa shape index (κ1) is 10.6. The van der Waals surface area contributed by atoms with Gasteiger partial charge in [0.25, 0.3) is 0 Å². The van der Waals surface area contributed by atoms with E-state index in [1.165, 1.54) is 0 Å². The lowest BCUT2D eigenvalue weighted by Crippen LogP contribution is -2.36. The topological polar surface area (TPSA) is 37.3 Å². The van der Waals surface area contributed by atoms with Crippen LogP contribution in [0.4, 0.5) is 17.3 Å². The van der Waals surface area contributed by atoms with Crippen LogP contribution in [-0.4, -0.2) is 18.1 Å². The molecule has 0 unspecified atom stereocenters. The van der Waals surface area contributed by atoms with E-state index in [4.69, 9.17) is 5.11 Å². The monoisotopic (exact) mass is 207 g/mol. The van der Waals surface area contributed by atoms with Crippen molar-refractivity contribution in [1.29, 1.82) is 0 Å². The van der Waals surface area contributed by atoms with Crippen molar-refractivity contribution in [2.24, 2.45) is 0 Å². The van der Waals surface area contributed by atoms with E-state index >= 15 is 0 Å². The lowest BCUT2D eigenvalue weighted by molar-refractivity contribution is 0.0696. The number of halogens is 4. The minimum absolute atomic E-state index is 0.354. The second-order valence-electron chi connectivity index (χ2n) is 2.62. The third kappa shape index (κ3) is 2.04. The predicted octanol–water partition coefficient (Wildman–Crippen LogP) is 1.58. The average molecular weight is 207 g/mol. The van der Waals surface area contributed by atoms with Gasteiger partial charge in [-0.15, -0.1) is 0 Å². The van der Waals surface area contributed by atoms with E-state index in [1.54, 1.807) is 0 Å². The fourth-order valence-corrected chi connectivity index (χ4v) is 0.926. The van der Waals surface area contributed by atoms with Gasteiger partial charge >= 0.3 is 12.9 Å². The molecule has 0 fully saturated rings. The molecule has 2 nitrogen and oxygen atoms in total. The van der Waals surface area contributed by atoms with Crippen LogP contribution in [0.3, 0.4) is 0 Å². The maximum atomic E-state index is 12.7. The Morgan fingerprint density at radius 2 is 1.86 bits per heavy atom. The van der Waals surface area contributed by atoms with Crippen LogP contribution in [0.25, 0.3) is 0 Å². The van der Waals surface area contributed by atoms with Gasteiger partial charge in [0.1, 0.15) is 0 Å². The summed E-state index contributed by atoms with van der Waals surface area (Å²) in [6, 6.07) is 1.50. The maximum absolute atomic E-state index is 12.7. The first-order chi connectivity index (χ1) is 6.32. The van der Waals surface area contributed by atoms with Gasteiger partial charge in [-0.3, -0.25) is 0 Å². The number of rotatable bonds is 2. The number of aromatic carboxylic acids is 1. The molecule has 1 aromatic carbocycles. The van der Waals surface area contributed by atoms with Crippen molar-refractivity contribution in [2.45, 2.75) is 0 Å². The Morgan fingerprint density at radius 3 is 2.21 bits per heavy atom. The number of carbonyl (C=O) groups is 1. The SMILES string of the molecule is O=C(O)c1ccc([B-](F)(F)F)c(F)c1. The van der Waals surface area contributed by atoms with Crippen LogP contribution in [0.2, 0.25) is 0 Å². The van der Waals surface area contributed by atoms with E-state index in [1.807, 2.05) is 0 Å². The molecule has 0 aliphatic carbocycles. The van der Waals surface area contributed by atoms with Crippen molar-refractivity contribution < 1.29 is 27.2 Å². The molecular weight excluding hydrogens is 203 g/mol. The molecule has 1 rings (SSSR count). The second kappa shape index (κ2) is 3.32. The summed E-state index contributed by atoms with van der Waals surface area (Å²) in [5.41, 5.74) is -1.92. The highest BCUT2D eigenvalue weighted by molar-refractivity contribution is 6.73. The standard InChI is InChI=1S/C7H4BF4O2/c9-6-3-4(7(13)14)1-2-5(6)8(10,11)12/h1-3H,(H,13,14)/q-1. The largest absolute Gasteiger partial charge is 0.512 e. The van der Waals surface area contributed by atoms with Crippen LogP contribution >= 0.6 is 0 Å². The highest BCUT2D eigenvalue weighted by Crippen LogP contribution is 2.12. The smallest absolute Gasteiger partial charge is 0.478 e. The van der Waals surface area contributed by atoms with Gasteiger partial charge in [-0.2, -0.15) is 0 Å². The minimum Gasteiger partial charge on any atom is -0.478 e. The second-order valence-corrected chi connectivity index (χ2v) is 2.62. The van der Waals surface area contributed by atoms with Crippen molar-refractivity contribution in [1.82, 2.24) is 0 Å². The van der Waals surface area contributed by atoms with E-state index in [0.29, 0.717) is 12.1 Å². The molecule has 0 saturated heterocycles. The van der Waals surface area contributed by atoms with Gasteiger partial charge in [-0.25, -0.2) is 9.18 Å². The summed E-state index contributed by atoms with van der Waals surface area (Å²) in [5, 5.41) is 8.36. The number of hydrogen-bond acceptors (Lipinski definition) is 1. The zero-order valence-corrected chi connectivity index (χ0v) is 6.68. The van der Waals surface area contributed by atoms with Gasteiger partial charge in [-0.1, -0.05) is 17.6 Å². The molecule has 0 spiro atoms.